The minimum Gasteiger partial charge on any atom is -0.295 e. The molecule has 0 atom stereocenters. The fraction of sp³-hybridized carbons (Fsp3) is 0.222. The van der Waals surface area contributed by atoms with Gasteiger partial charge in [-0.05, 0) is 24.3 Å². The van der Waals surface area contributed by atoms with E-state index in [4.69, 9.17) is 11.6 Å². The molecule has 1 heterocycles. The van der Waals surface area contributed by atoms with Gasteiger partial charge in [-0.15, -0.1) is 0 Å². The van der Waals surface area contributed by atoms with Crippen LogP contribution in [0.1, 0.15) is 16.7 Å². The molecule has 0 saturated heterocycles. The van der Waals surface area contributed by atoms with Gasteiger partial charge in [-0.3, -0.25) is 14.7 Å². The smallest absolute Gasteiger partial charge is 0.295 e. The van der Waals surface area contributed by atoms with E-state index >= 15 is 0 Å². The summed E-state index contributed by atoms with van der Waals surface area (Å²) in [6.07, 6.45) is -3.68. The summed E-state index contributed by atoms with van der Waals surface area (Å²) < 4.78 is 64.0. The van der Waals surface area contributed by atoms with Crippen LogP contribution in [0.3, 0.4) is 0 Å². The molecule has 1 aliphatic heterocycles. The van der Waals surface area contributed by atoms with Gasteiger partial charge in [0.2, 0.25) is 5.91 Å². The molecule has 0 spiro atoms. The Hall–Kier alpha value is -2.39. The lowest BCUT2D eigenvalue weighted by Crippen LogP contribution is -2.36. The summed E-state index contributed by atoms with van der Waals surface area (Å²) in [5.74, 6) is -1.27. The maximum atomic E-state index is 13.5. The average molecular weight is 431 g/mol. The second-order valence-corrected chi connectivity index (χ2v) is 8.79. The third kappa shape index (κ3) is 4.20. The number of hydrogen-bond acceptors (Lipinski definition) is 4. The lowest BCUT2D eigenvalue weighted by molar-refractivity contribution is -0.137. The fourth-order valence-electron chi connectivity index (χ4n) is 2.93. The normalized spacial score (nSPS) is 15.1. The summed E-state index contributed by atoms with van der Waals surface area (Å²) in [6, 6.07) is 9.06. The van der Waals surface area contributed by atoms with Crippen LogP contribution in [0.4, 0.5) is 18.9 Å². The number of carbonyl (C=O) groups is 1. The molecule has 3 rings (SSSR count). The Morgan fingerprint density at radius 3 is 2.46 bits per heavy atom. The van der Waals surface area contributed by atoms with Crippen molar-refractivity contribution in [3.63, 3.8) is 0 Å². The summed E-state index contributed by atoms with van der Waals surface area (Å²) in [7, 11) is -3.60. The third-order valence-electron chi connectivity index (χ3n) is 4.03. The van der Waals surface area contributed by atoms with Crippen molar-refractivity contribution in [1.82, 2.24) is 0 Å². The number of aliphatic imine (C=N–C) groups is 1. The largest absolute Gasteiger partial charge is 0.417 e. The Labute approximate surface area is 164 Å². The summed E-state index contributed by atoms with van der Waals surface area (Å²) in [5, 5.41) is 0.213. The van der Waals surface area contributed by atoms with E-state index in [-0.39, 0.29) is 27.5 Å². The molecule has 5 nitrogen and oxygen atoms in total. The second kappa shape index (κ2) is 7.21. The van der Waals surface area contributed by atoms with Gasteiger partial charge in [0, 0.05) is 22.4 Å². The van der Waals surface area contributed by atoms with Crippen LogP contribution in [0.25, 0.3) is 0 Å². The zero-order valence-electron chi connectivity index (χ0n) is 14.5. The van der Waals surface area contributed by atoms with Gasteiger partial charge in [0.25, 0.3) is 0 Å². The highest BCUT2D eigenvalue weighted by atomic mass is 35.5. The maximum Gasteiger partial charge on any atom is 0.417 e. The van der Waals surface area contributed by atoms with E-state index in [0.717, 1.165) is 17.2 Å². The molecular formula is C18H14ClF3N2O3S. The van der Waals surface area contributed by atoms with E-state index in [1.807, 2.05) is 0 Å². The van der Waals surface area contributed by atoms with E-state index in [2.05, 4.69) is 4.99 Å². The van der Waals surface area contributed by atoms with Gasteiger partial charge in [0.05, 0.1) is 17.0 Å². The van der Waals surface area contributed by atoms with E-state index < -0.39 is 39.9 Å². The molecule has 0 aromatic heterocycles. The van der Waals surface area contributed by atoms with Gasteiger partial charge < -0.3 is 0 Å². The number of halogens is 4. The van der Waals surface area contributed by atoms with E-state index in [9.17, 15) is 26.4 Å². The Bertz CT molecular complexity index is 1080. The molecular weight excluding hydrogens is 417 g/mol. The molecule has 28 heavy (non-hydrogen) atoms. The number of amides is 1. The quantitative estimate of drug-likeness (QED) is 0.748. The molecule has 0 saturated carbocycles. The van der Waals surface area contributed by atoms with Crippen molar-refractivity contribution in [2.24, 2.45) is 4.99 Å². The number of anilines is 1. The number of fused-ring (bicyclic) bond motifs is 1. The van der Waals surface area contributed by atoms with Gasteiger partial charge in [-0.2, -0.15) is 13.2 Å². The van der Waals surface area contributed by atoms with Gasteiger partial charge >= 0.3 is 6.18 Å². The lowest BCUT2D eigenvalue weighted by Gasteiger charge is -2.22. The minimum absolute atomic E-state index is 0.0743. The third-order valence-corrected chi connectivity index (χ3v) is 4.99. The predicted octanol–water partition coefficient (Wildman–Crippen LogP) is 3.54. The molecule has 1 aliphatic rings. The van der Waals surface area contributed by atoms with Gasteiger partial charge in [-0.25, -0.2) is 8.42 Å². The van der Waals surface area contributed by atoms with E-state index in [1.165, 1.54) is 36.4 Å². The summed E-state index contributed by atoms with van der Waals surface area (Å²) in [5.41, 5.74) is -0.919. The van der Waals surface area contributed by atoms with Crippen molar-refractivity contribution in [3.05, 3.63) is 64.2 Å². The lowest BCUT2D eigenvalue weighted by atomic mass is 9.96. The molecule has 0 radical (unpaired) electrons. The van der Waals surface area contributed by atoms with Crippen molar-refractivity contribution in [3.8, 4) is 0 Å². The van der Waals surface area contributed by atoms with Crippen molar-refractivity contribution in [2.45, 2.75) is 6.18 Å². The first-order chi connectivity index (χ1) is 13.0. The van der Waals surface area contributed by atoms with Crippen molar-refractivity contribution in [2.75, 3.05) is 23.6 Å². The highest BCUT2D eigenvalue weighted by molar-refractivity contribution is 7.90. The van der Waals surface area contributed by atoms with Crippen molar-refractivity contribution >= 4 is 38.7 Å². The second-order valence-electron chi connectivity index (χ2n) is 6.25. The highest BCUT2D eigenvalue weighted by Gasteiger charge is 2.36. The van der Waals surface area contributed by atoms with Gasteiger partial charge in [0.15, 0.2) is 9.84 Å². The number of sulfone groups is 1. The molecule has 1 amide bonds. The standard InChI is InChI=1S/C18H14ClF3N2O3S/c1-28(26,27)10-24-15-7-6-11(19)8-13(15)17(23-9-16(24)25)12-4-2-3-5-14(12)18(20,21)22/h2-8H,9-10H2,1H3. The molecule has 0 bridgehead atoms. The highest BCUT2D eigenvalue weighted by Crippen LogP contribution is 2.36. The minimum atomic E-state index is -4.64. The fourth-order valence-corrected chi connectivity index (χ4v) is 3.85. The predicted molar refractivity (Wildman–Crippen MR) is 101 cm³/mol. The number of rotatable bonds is 3. The number of alkyl halides is 3. The van der Waals surface area contributed by atoms with Gasteiger partial charge in [-0.1, -0.05) is 29.8 Å². The molecule has 2 aromatic rings. The zero-order chi connectivity index (χ0) is 20.7. The first kappa shape index (κ1) is 20.3. The van der Waals surface area contributed by atoms with Crippen LogP contribution in [-0.2, 0) is 20.8 Å². The number of benzodiazepines with no additional fused rings is 1. The first-order valence-electron chi connectivity index (χ1n) is 7.96. The van der Waals surface area contributed by atoms with Crippen LogP contribution in [0.15, 0.2) is 47.5 Å². The van der Waals surface area contributed by atoms with Crippen LogP contribution in [0.5, 0.6) is 0 Å². The average Bonchev–Trinajstić information content (AvgIpc) is 2.70. The maximum absolute atomic E-state index is 13.5. The van der Waals surface area contributed by atoms with Crippen LogP contribution in [0.2, 0.25) is 5.02 Å². The molecule has 148 valence electrons. The number of carbonyl (C=O) groups excluding carboxylic acids is 1. The Kier molecular flexibility index (Phi) is 5.24. The SMILES string of the molecule is CS(=O)(=O)CN1C(=O)CN=C(c2ccccc2C(F)(F)F)c2cc(Cl)ccc21. The first-order valence-corrected chi connectivity index (χ1v) is 10.4. The van der Waals surface area contributed by atoms with Crippen molar-refractivity contribution in [1.29, 1.82) is 0 Å². The molecule has 2 aromatic carbocycles. The number of benzene rings is 2. The Morgan fingerprint density at radius 2 is 1.82 bits per heavy atom. The number of nitrogens with zero attached hydrogens (tertiary/aromatic N) is 2. The summed E-state index contributed by atoms with van der Waals surface area (Å²) in [4.78, 5) is 17.6. The van der Waals surface area contributed by atoms with Crippen LogP contribution in [-0.4, -0.2) is 38.7 Å². The zero-order valence-corrected chi connectivity index (χ0v) is 16.1. The van der Waals surface area contributed by atoms with Crippen LogP contribution < -0.4 is 4.90 Å². The molecule has 0 fully saturated rings. The molecule has 0 N–H and O–H groups in total. The van der Waals surface area contributed by atoms with Gasteiger partial charge in [0.1, 0.15) is 12.4 Å². The van der Waals surface area contributed by atoms with Crippen LogP contribution in [0, 0.1) is 0 Å². The Balaban J connectivity index is 2.26. The van der Waals surface area contributed by atoms with Crippen molar-refractivity contribution < 1.29 is 26.4 Å². The molecule has 0 unspecified atom stereocenters. The summed E-state index contributed by atoms with van der Waals surface area (Å²) in [6.45, 7) is -0.497. The monoisotopic (exact) mass is 430 g/mol. The Morgan fingerprint density at radius 1 is 1.14 bits per heavy atom. The van der Waals surface area contributed by atoms with E-state index in [0.29, 0.717) is 0 Å². The van der Waals surface area contributed by atoms with Crippen LogP contribution >= 0.6 is 11.6 Å². The number of hydrogen-bond donors (Lipinski definition) is 0. The summed E-state index contributed by atoms with van der Waals surface area (Å²) >= 11 is 6.03. The van der Waals surface area contributed by atoms with E-state index in [1.54, 1.807) is 0 Å². The molecule has 0 aliphatic carbocycles. The molecule has 10 heteroatoms. The topological polar surface area (TPSA) is 66.8 Å².